The number of carbonyl (C=O) groups excluding carboxylic acids is 1. The molecule has 2 aliphatic rings. The number of hydrogen-bond donors (Lipinski definition) is 0. The highest BCUT2D eigenvalue weighted by Crippen LogP contribution is 2.50. The van der Waals surface area contributed by atoms with Crippen LogP contribution in [0.2, 0.25) is 5.02 Å². The molecular formula is C28H28ClN3O5. The van der Waals surface area contributed by atoms with Crippen LogP contribution >= 0.6 is 11.6 Å². The molecule has 0 unspecified atom stereocenters. The van der Waals surface area contributed by atoms with E-state index in [1.807, 2.05) is 41.3 Å². The van der Waals surface area contributed by atoms with Gasteiger partial charge in [-0.1, -0.05) is 35.9 Å². The van der Waals surface area contributed by atoms with E-state index in [9.17, 15) is 14.9 Å². The van der Waals surface area contributed by atoms with Crippen molar-refractivity contribution in [2.24, 2.45) is 5.92 Å². The van der Waals surface area contributed by atoms with Gasteiger partial charge in [0.15, 0.2) is 0 Å². The van der Waals surface area contributed by atoms with Crippen LogP contribution < -0.4 is 9.80 Å². The van der Waals surface area contributed by atoms with Crippen molar-refractivity contribution in [3.8, 4) is 5.75 Å². The van der Waals surface area contributed by atoms with Crippen molar-refractivity contribution < 1.29 is 19.3 Å². The summed E-state index contributed by atoms with van der Waals surface area (Å²) in [6.07, 6.45) is 2.47. The van der Waals surface area contributed by atoms with Gasteiger partial charge in [-0.05, 0) is 66.8 Å². The maximum Gasteiger partial charge on any atom is 0.269 e. The summed E-state index contributed by atoms with van der Waals surface area (Å²) < 4.78 is 5.33. The highest BCUT2D eigenvalue weighted by atomic mass is 35.5. The summed E-state index contributed by atoms with van der Waals surface area (Å²) in [6.45, 7) is 1.41. The van der Waals surface area contributed by atoms with Crippen molar-refractivity contribution in [2.75, 3.05) is 25.3 Å². The summed E-state index contributed by atoms with van der Waals surface area (Å²) in [5.41, 5.74) is 2.33. The number of piperidine rings is 1. The Balaban J connectivity index is 1.62. The molecule has 37 heavy (non-hydrogen) atoms. The van der Waals surface area contributed by atoms with Gasteiger partial charge in [0.1, 0.15) is 11.9 Å². The van der Waals surface area contributed by atoms with E-state index in [4.69, 9.17) is 21.2 Å². The fourth-order valence-electron chi connectivity index (χ4n) is 5.16. The Hall–Kier alpha value is -3.62. The van der Waals surface area contributed by atoms with Crippen LogP contribution in [0.1, 0.15) is 42.5 Å². The Labute approximate surface area is 220 Å². The number of rotatable bonds is 6. The highest BCUT2D eigenvalue weighted by molar-refractivity contribution is 6.30. The Morgan fingerprint density at radius 1 is 0.946 bits per heavy atom. The fraction of sp³-hybridized carbons (Fsp3) is 0.321. The first-order chi connectivity index (χ1) is 18.0. The second kappa shape index (κ2) is 10.8. The molecule has 3 atom stereocenters. The monoisotopic (exact) mass is 521 g/mol. The van der Waals surface area contributed by atoms with Crippen LogP contribution in [-0.2, 0) is 9.63 Å². The molecule has 2 fully saturated rings. The zero-order valence-corrected chi connectivity index (χ0v) is 21.2. The van der Waals surface area contributed by atoms with Gasteiger partial charge in [-0.25, -0.2) is 5.06 Å². The summed E-state index contributed by atoms with van der Waals surface area (Å²) in [5.74, 6) is 0.145. The standard InChI is InChI=1S/C28H28ClN3O5/c1-36-24-15-7-20(8-16-24)27-25(28(33)30-17-3-2-4-18-30)26(19-5-11-23(12-6-19)32(34)35)31(37-27)22-13-9-21(29)10-14-22/h5-16,25-27H,2-4,17-18H2,1H3/t25-,26-,27+/m1/s1. The number of carbonyl (C=O) groups is 1. The number of non-ortho nitro benzene ring substituents is 1. The topological polar surface area (TPSA) is 85.1 Å². The first-order valence-electron chi connectivity index (χ1n) is 12.3. The third kappa shape index (κ3) is 5.12. The summed E-state index contributed by atoms with van der Waals surface area (Å²) in [5, 5.41) is 13.6. The molecule has 9 heteroatoms. The van der Waals surface area contributed by atoms with Gasteiger partial charge in [0.2, 0.25) is 5.91 Å². The van der Waals surface area contributed by atoms with E-state index in [1.54, 1.807) is 36.4 Å². The van der Waals surface area contributed by atoms with Crippen molar-refractivity contribution in [1.82, 2.24) is 4.90 Å². The maximum atomic E-state index is 14.2. The summed E-state index contributed by atoms with van der Waals surface area (Å²) >= 11 is 6.16. The Kier molecular flexibility index (Phi) is 7.30. The number of hydroxylamine groups is 1. The van der Waals surface area contributed by atoms with Crippen LogP contribution in [0.15, 0.2) is 72.8 Å². The molecule has 0 bridgehead atoms. The lowest BCUT2D eigenvalue weighted by atomic mass is 9.84. The lowest BCUT2D eigenvalue weighted by Gasteiger charge is -2.33. The third-order valence-electron chi connectivity index (χ3n) is 7.07. The molecule has 3 aromatic carbocycles. The van der Waals surface area contributed by atoms with Crippen molar-refractivity contribution in [1.29, 1.82) is 0 Å². The molecule has 0 aromatic heterocycles. The quantitative estimate of drug-likeness (QED) is 0.287. The fourth-order valence-corrected chi connectivity index (χ4v) is 5.29. The smallest absolute Gasteiger partial charge is 0.269 e. The molecule has 3 aromatic rings. The molecule has 0 radical (unpaired) electrons. The van der Waals surface area contributed by atoms with Crippen molar-refractivity contribution in [3.63, 3.8) is 0 Å². The third-order valence-corrected chi connectivity index (χ3v) is 7.32. The predicted octanol–water partition coefficient (Wildman–Crippen LogP) is 6.12. The predicted molar refractivity (Wildman–Crippen MR) is 141 cm³/mol. The largest absolute Gasteiger partial charge is 0.497 e. The van der Waals surface area contributed by atoms with Crippen molar-refractivity contribution in [2.45, 2.75) is 31.4 Å². The minimum Gasteiger partial charge on any atom is -0.497 e. The lowest BCUT2D eigenvalue weighted by molar-refractivity contribution is -0.384. The average molecular weight is 522 g/mol. The molecule has 2 heterocycles. The van der Waals surface area contributed by atoms with E-state index < -0.39 is 23.0 Å². The molecule has 0 aliphatic carbocycles. The minimum absolute atomic E-state index is 0.00804. The van der Waals surface area contributed by atoms with Crippen molar-refractivity contribution >= 4 is 28.9 Å². The molecule has 5 rings (SSSR count). The number of amides is 1. The lowest BCUT2D eigenvalue weighted by Crippen LogP contribution is -2.42. The van der Waals surface area contributed by atoms with Crippen LogP contribution in [0, 0.1) is 16.0 Å². The highest BCUT2D eigenvalue weighted by Gasteiger charge is 2.50. The van der Waals surface area contributed by atoms with Crippen LogP contribution in [0.25, 0.3) is 0 Å². The molecule has 1 amide bonds. The molecule has 8 nitrogen and oxygen atoms in total. The van der Waals surface area contributed by atoms with Gasteiger partial charge in [-0.2, -0.15) is 0 Å². The van der Waals surface area contributed by atoms with Crippen LogP contribution in [0.5, 0.6) is 5.75 Å². The molecule has 0 saturated carbocycles. The summed E-state index contributed by atoms with van der Waals surface area (Å²) in [6, 6.07) is 20.6. The van der Waals surface area contributed by atoms with Crippen LogP contribution in [-0.4, -0.2) is 35.9 Å². The number of benzene rings is 3. The number of hydrogen-bond acceptors (Lipinski definition) is 6. The average Bonchev–Trinajstić information content (AvgIpc) is 3.34. The number of ether oxygens (including phenoxy) is 1. The Morgan fingerprint density at radius 2 is 1.57 bits per heavy atom. The zero-order chi connectivity index (χ0) is 25.9. The molecule has 2 saturated heterocycles. The van der Waals surface area contributed by atoms with Gasteiger partial charge in [0, 0.05) is 30.2 Å². The number of likely N-dealkylation sites (tertiary alicyclic amines) is 1. The minimum atomic E-state index is -0.580. The van der Waals surface area contributed by atoms with Gasteiger partial charge in [-0.15, -0.1) is 0 Å². The Morgan fingerprint density at radius 3 is 2.16 bits per heavy atom. The zero-order valence-electron chi connectivity index (χ0n) is 20.5. The normalized spacial score (nSPS) is 21.6. The van der Waals surface area contributed by atoms with Crippen molar-refractivity contribution in [3.05, 3.63) is 99.1 Å². The number of nitro groups is 1. The van der Waals surface area contributed by atoms with E-state index in [0.29, 0.717) is 23.9 Å². The Bertz CT molecular complexity index is 1240. The summed E-state index contributed by atoms with van der Waals surface area (Å²) in [7, 11) is 1.61. The first kappa shape index (κ1) is 25.0. The first-order valence-corrected chi connectivity index (χ1v) is 12.7. The molecule has 0 N–H and O–H groups in total. The van der Waals surface area contributed by atoms with E-state index in [2.05, 4.69) is 0 Å². The number of halogens is 1. The SMILES string of the molecule is COc1ccc([C@@H]2ON(c3ccc(Cl)cc3)[C@H](c3ccc([N+](=O)[O-])cc3)[C@H]2C(=O)N2CCCCC2)cc1. The maximum absolute atomic E-state index is 14.2. The second-order valence-corrected chi connectivity index (χ2v) is 9.74. The van der Waals surface area contributed by atoms with Crippen LogP contribution in [0.3, 0.4) is 0 Å². The second-order valence-electron chi connectivity index (χ2n) is 9.31. The molecular weight excluding hydrogens is 494 g/mol. The van der Waals surface area contributed by atoms with E-state index >= 15 is 0 Å². The van der Waals surface area contributed by atoms with Gasteiger partial charge in [0.05, 0.1) is 29.7 Å². The molecule has 2 aliphatic heterocycles. The van der Waals surface area contributed by atoms with E-state index in [-0.39, 0.29) is 11.6 Å². The van der Waals surface area contributed by atoms with Crippen LogP contribution in [0.4, 0.5) is 11.4 Å². The van der Waals surface area contributed by atoms with Gasteiger partial charge >= 0.3 is 0 Å². The number of anilines is 1. The summed E-state index contributed by atoms with van der Waals surface area (Å²) in [4.78, 5) is 33.6. The number of nitro benzene ring substituents is 1. The molecule has 0 spiro atoms. The van der Waals surface area contributed by atoms with E-state index in [1.165, 1.54) is 12.1 Å². The van der Waals surface area contributed by atoms with Gasteiger partial charge in [-0.3, -0.25) is 19.7 Å². The van der Waals surface area contributed by atoms with Gasteiger partial charge < -0.3 is 9.64 Å². The van der Waals surface area contributed by atoms with Gasteiger partial charge in [0.25, 0.3) is 5.69 Å². The number of methoxy groups -OCH3 is 1. The number of nitrogens with zero attached hydrogens (tertiary/aromatic N) is 3. The molecule has 192 valence electrons. The van der Waals surface area contributed by atoms with E-state index in [0.717, 1.165) is 36.1 Å².